The van der Waals surface area contributed by atoms with Gasteiger partial charge < -0.3 is 9.64 Å². The van der Waals surface area contributed by atoms with Crippen LogP contribution in [0.3, 0.4) is 0 Å². The number of likely N-dealkylation sites (tertiary alicyclic amines) is 1. The summed E-state index contributed by atoms with van der Waals surface area (Å²) in [6, 6.07) is 18.0. The number of carbonyl (C=O) groups is 1. The average Bonchev–Trinajstić information content (AvgIpc) is 3.69. The van der Waals surface area contributed by atoms with Gasteiger partial charge in [0.25, 0.3) is 5.91 Å². The molecule has 0 bridgehead atoms. The zero-order chi connectivity index (χ0) is 22.6. The summed E-state index contributed by atoms with van der Waals surface area (Å²) in [5.74, 6) is 0.00768. The number of nitrogens with zero attached hydrogens (tertiary/aromatic N) is 1. The van der Waals surface area contributed by atoms with Crippen LogP contribution in [0.2, 0.25) is 0 Å². The summed E-state index contributed by atoms with van der Waals surface area (Å²) in [7, 11) is -1.81. The van der Waals surface area contributed by atoms with Crippen LogP contribution in [0, 0.1) is 5.41 Å². The van der Waals surface area contributed by atoms with Gasteiger partial charge in [0.05, 0.1) is 12.3 Å². The Labute approximate surface area is 190 Å². The predicted octanol–water partition coefficient (Wildman–Crippen LogP) is 2.98. The van der Waals surface area contributed by atoms with E-state index in [9.17, 15) is 13.2 Å². The Morgan fingerprint density at radius 1 is 1.06 bits per heavy atom. The monoisotopic (exact) mass is 454 g/mol. The van der Waals surface area contributed by atoms with Crippen LogP contribution in [-0.2, 0) is 26.0 Å². The first-order chi connectivity index (χ1) is 15.3. The van der Waals surface area contributed by atoms with E-state index in [0.717, 1.165) is 42.4 Å². The minimum atomic E-state index is -3.41. The fourth-order valence-corrected chi connectivity index (χ4v) is 6.16. The van der Waals surface area contributed by atoms with Gasteiger partial charge in [0.2, 0.25) is 10.0 Å². The third kappa shape index (κ3) is 3.98. The molecule has 2 saturated carbocycles. The van der Waals surface area contributed by atoms with Crippen molar-refractivity contribution in [3.8, 4) is 11.1 Å². The number of rotatable bonds is 7. The van der Waals surface area contributed by atoms with E-state index in [1.165, 1.54) is 6.26 Å². The lowest BCUT2D eigenvalue weighted by molar-refractivity contribution is -0.145. The number of methoxy groups -OCH3 is 1. The first-order valence-corrected chi connectivity index (χ1v) is 13.1. The second kappa shape index (κ2) is 7.68. The van der Waals surface area contributed by atoms with Crippen molar-refractivity contribution in [1.29, 1.82) is 0 Å². The second-order valence-corrected chi connectivity index (χ2v) is 11.5. The van der Waals surface area contributed by atoms with Gasteiger partial charge in [-0.3, -0.25) is 4.79 Å². The summed E-state index contributed by atoms with van der Waals surface area (Å²) in [5, 5.41) is 0. The van der Waals surface area contributed by atoms with E-state index in [1.54, 1.807) is 7.11 Å². The maximum absolute atomic E-state index is 13.5. The fraction of sp³-hybridized carbons (Fsp3) is 0.480. The van der Waals surface area contributed by atoms with Gasteiger partial charge in [0.1, 0.15) is 5.60 Å². The summed E-state index contributed by atoms with van der Waals surface area (Å²) in [4.78, 5) is 15.4. The van der Waals surface area contributed by atoms with Crippen LogP contribution in [0.5, 0.6) is 0 Å². The molecule has 0 aromatic heterocycles. The van der Waals surface area contributed by atoms with E-state index < -0.39 is 15.6 Å². The highest BCUT2D eigenvalue weighted by atomic mass is 32.2. The van der Waals surface area contributed by atoms with Crippen molar-refractivity contribution in [3.05, 3.63) is 60.2 Å². The fourth-order valence-electron chi connectivity index (χ4n) is 5.29. The Bertz CT molecular complexity index is 1120. The highest BCUT2D eigenvalue weighted by Crippen LogP contribution is 2.57. The molecule has 5 rings (SSSR count). The zero-order valence-electron chi connectivity index (χ0n) is 18.6. The summed E-state index contributed by atoms with van der Waals surface area (Å²) < 4.78 is 33.0. The van der Waals surface area contributed by atoms with Crippen molar-refractivity contribution in [2.24, 2.45) is 5.41 Å². The van der Waals surface area contributed by atoms with Crippen molar-refractivity contribution in [2.75, 3.05) is 19.9 Å². The van der Waals surface area contributed by atoms with E-state index in [0.29, 0.717) is 13.0 Å². The van der Waals surface area contributed by atoms with Crippen LogP contribution in [0.25, 0.3) is 11.1 Å². The van der Waals surface area contributed by atoms with Crippen LogP contribution in [-0.4, -0.2) is 56.8 Å². The Morgan fingerprint density at radius 3 is 2.34 bits per heavy atom. The highest BCUT2D eigenvalue weighted by Gasteiger charge is 2.64. The molecule has 3 aliphatic rings. The van der Waals surface area contributed by atoms with E-state index >= 15 is 0 Å². The van der Waals surface area contributed by atoms with Crippen LogP contribution >= 0.6 is 0 Å². The highest BCUT2D eigenvalue weighted by molar-refractivity contribution is 7.88. The predicted molar refractivity (Wildman–Crippen MR) is 123 cm³/mol. The largest absolute Gasteiger partial charge is 0.368 e. The van der Waals surface area contributed by atoms with Crippen molar-refractivity contribution in [3.63, 3.8) is 0 Å². The van der Waals surface area contributed by atoms with E-state index in [1.807, 2.05) is 29.2 Å². The summed E-state index contributed by atoms with van der Waals surface area (Å²) in [6.07, 6.45) is 5.13. The van der Waals surface area contributed by atoms with Gasteiger partial charge in [-0.15, -0.1) is 0 Å². The van der Waals surface area contributed by atoms with Crippen molar-refractivity contribution < 1.29 is 17.9 Å². The first-order valence-electron chi connectivity index (χ1n) is 11.2. The summed E-state index contributed by atoms with van der Waals surface area (Å²) >= 11 is 0. The molecule has 1 spiro atoms. The third-order valence-corrected chi connectivity index (χ3v) is 8.07. The maximum Gasteiger partial charge on any atom is 0.255 e. The number of hydrogen-bond donors (Lipinski definition) is 1. The van der Waals surface area contributed by atoms with E-state index in [4.69, 9.17) is 4.74 Å². The Hall–Kier alpha value is -2.22. The maximum atomic E-state index is 13.5. The second-order valence-electron chi connectivity index (χ2n) is 9.70. The normalized spacial score (nSPS) is 25.1. The molecule has 32 heavy (non-hydrogen) atoms. The molecule has 2 atom stereocenters. The quantitative estimate of drug-likeness (QED) is 0.698. The average molecular weight is 455 g/mol. The van der Waals surface area contributed by atoms with Crippen LogP contribution in [0.4, 0.5) is 0 Å². The topological polar surface area (TPSA) is 75.7 Å². The summed E-state index contributed by atoms with van der Waals surface area (Å²) in [5.41, 5.74) is 2.46. The molecule has 0 radical (unpaired) electrons. The minimum Gasteiger partial charge on any atom is -0.368 e. The molecule has 2 aliphatic carbocycles. The molecular formula is C25H30N2O4S. The van der Waals surface area contributed by atoms with Crippen molar-refractivity contribution in [2.45, 2.75) is 49.8 Å². The third-order valence-electron chi connectivity index (χ3n) is 7.39. The summed E-state index contributed by atoms with van der Waals surface area (Å²) in [6.45, 7) is 0.590. The van der Waals surface area contributed by atoms with Gasteiger partial charge in [-0.05, 0) is 48.8 Å². The number of ether oxygens (including phenoxy) is 1. The molecule has 2 aromatic rings. The Kier molecular flexibility index (Phi) is 5.19. The number of carbonyl (C=O) groups excluding carboxylic acids is 1. The van der Waals surface area contributed by atoms with Crippen molar-refractivity contribution in [1.82, 2.24) is 9.62 Å². The van der Waals surface area contributed by atoms with E-state index in [2.05, 4.69) is 35.1 Å². The van der Waals surface area contributed by atoms with Gasteiger partial charge in [-0.1, -0.05) is 54.6 Å². The standard InChI is InChI=1S/C25H30N2O4S/c1-31-25(13-14-25)23(28)27-17-24(11-12-24)22(26-32(2,29)30)21(27)16-18-7-6-10-20(15-18)19-8-4-3-5-9-19/h3-10,15,21-22,26H,11-14,16-17H2,1-2H3/t21-,22+/m0/s1. The molecule has 2 aromatic carbocycles. The molecule has 1 N–H and O–H groups in total. The van der Waals surface area contributed by atoms with Gasteiger partial charge in [0.15, 0.2) is 0 Å². The molecule has 1 saturated heterocycles. The molecule has 6 nitrogen and oxygen atoms in total. The molecule has 1 amide bonds. The molecule has 3 fully saturated rings. The van der Waals surface area contributed by atoms with Gasteiger partial charge in [-0.25, -0.2) is 13.1 Å². The number of amides is 1. The molecule has 1 heterocycles. The van der Waals surface area contributed by atoms with Crippen molar-refractivity contribution >= 4 is 15.9 Å². The van der Waals surface area contributed by atoms with Crippen LogP contribution in [0.15, 0.2) is 54.6 Å². The Morgan fingerprint density at radius 2 is 1.75 bits per heavy atom. The lowest BCUT2D eigenvalue weighted by atomic mass is 9.91. The lowest BCUT2D eigenvalue weighted by Gasteiger charge is -2.31. The minimum absolute atomic E-state index is 0.00768. The zero-order valence-corrected chi connectivity index (χ0v) is 19.4. The number of nitrogens with one attached hydrogen (secondary N) is 1. The number of benzene rings is 2. The van der Waals surface area contributed by atoms with E-state index in [-0.39, 0.29) is 23.4 Å². The SMILES string of the molecule is COC1(C(=O)N2CC3(CC3)[C@H](NS(C)(=O)=O)[C@@H]2Cc2cccc(-c3ccccc3)c2)CC1. The molecule has 1 aliphatic heterocycles. The molecule has 170 valence electrons. The Balaban J connectivity index is 1.48. The number of hydrogen-bond acceptors (Lipinski definition) is 4. The van der Waals surface area contributed by atoms with Crippen LogP contribution in [0.1, 0.15) is 31.2 Å². The van der Waals surface area contributed by atoms with Gasteiger partial charge in [-0.2, -0.15) is 0 Å². The van der Waals surface area contributed by atoms with Crippen LogP contribution < -0.4 is 4.72 Å². The molecule has 7 heteroatoms. The smallest absolute Gasteiger partial charge is 0.255 e. The molecule has 0 unspecified atom stereocenters. The van der Waals surface area contributed by atoms with Gasteiger partial charge in [0, 0.05) is 25.1 Å². The number of sulfonamides is 1. The first kappa shape index (κ1) is 21.6. The lowest BCUT2D eigenvalue weighted by Crippen LogP contribution is -2.51. The molecular weight excluding hydrogens is 424 g/mol. The van der Waals surface area contributed by atoms with Gasteiger partial charge >= 0.3 is 0 Å².